The third-order valence-corrected chi connectivity index (χ3v) is 4.08. The van der Waals surface area contributed by atoms with Gasteiger partial charge in [-0.3, -0.25) is 14.9 Å². The number of carbonyl (C=O) groups is 2. The van der Waals surface area contributed by atoms with E-state index >= 15 is 0 Å². The van der Waals surface area contributed by atoms with E-state index in [4.69, 9.17) is 9.47 Å². The van der Waals surface area contributed by atoms with E-state index in [-0.39, 0.29) is 29.5 Å². The molecule has 1 aliphatic rings. The average molecular weight is 336 g/mol. The molecule has 0 bridgehead atoms. The van der Waals surface area contributed by atoms with Crippen LogP contribution in [0.25, 0.3) is 0 Å². The summed E-state index contributed by atoms with van der Waals surface area (Å²) in [6, 6.07) is 3.63. The van der Waals surface area contributed by atoms with Gasteiger partial charge in [0.1, 0.15) is 11.3 Å². The number of likely N-dealkylation sites (tertiary alicyclic amines) is 1. The van der Waals surface area contributed by atoms with E-state index in [9.17, 15) is 19.7 Å². The van der Waals surface area contributed by atoms with Crippen molar-refractivity contribution < 1.29 is 24.0 Å². The lowest BCUT2D eigenvalue weighted by Gasteiger charge is -2.30. The number of non-ortho nitro benzene ring substituents is 1. The molecule has 0 aromatic heterocycles. The van der Waals surface area contributed by atoms with E-state index in [0.29, 0.717) is 19.0 Å². The van der Waals surface area contributed by atoms with Crippen molar-refractivity contribution in [2.24, 2.45) is 5.92 Å². The molecule has 1 aliphatic heterocycles. The van der Waals surface area contributed by atoms with Gasteiger partial charge >= 0.3 is 5.97 Å². The van der Waals surface area contributed by atoms with Crippen LogP contribution >= 0.6 is 0 Å². The summed E-state index contributed by atoms with van der Waals surface area (Å²) in [5, 5.41) is 10.8. The molecule has 0 saturated carbocycles. The number of amides is 1. The lowest BCUT2D eigenvalue weighted by atomic mass is 9.99. The van der Waals surface area contributed by atoms with E-state index in [2.05, 4.69) is 6.92 Å². The number of methoxy groups -OCH3 is 1. The fourth-order valence-corrected chi connectivity index (χ4v) is 2.52. The topological polar surface area (TPSA) is 99.0 Å². The van der Waals surface area contributed by atoms with Crippen molar-refractivity contribution in [1.82, 2.24) is 4.90 Å². The first-order valence-electron chi connectivity index (χ1n) is 7.69. The normalized spacial score (nSPS) is 15.0. The summed E-state index contributed by atoms with van der Waals surface area (Å²) >= 11 is 0. The van der Waals surface area contributed by atoms with Crippen LogP contribution in [0.2, 0.25) is 0 Å². The van der Waals surface area contributed by atoms with Gasteiger partial charge in [0.15, 0.2) is 6.61 Å². The molecule has 1 heterocycles. The Morgan fingerprint density at radius 2 is 2.00 bits per heavy atom. The molecule has 1 amide bonds. The second kappa shape index (κ2) is 7.76. The van der Waals surface area contributed by atoms with E-state index < -0.39 is 10.9 Å². The molecular formula is C16H20N2O6. The van der Waals surface area contributed by atoms with Crippen LogP contribution in [0.3, 0.4) is 0 Å². The van der Waals surface area contributed by atoms with Crippen LogP contribution in [0.4, 0.5) is 5.69 Å². The number of esters is 1. The quantitative estimate of drug-likeness (QED) is 0.463. The molecule has 0 radical (unpaired) electrons. The Kier molecular flexibility index (Phi) is 5.73. The minimum absolute atomic E-state index is 0.0771. The Bertz CT molecular complexity index is 637. The monoisotopic (exact) mass is 336 g/mol. The number of ether oxygens (including phenoxy) is 2. The molecule has 8 nitrogen and oxygen atoms in total. The highest BCUT2D eigenvalue weighted by Gasteiger charge is 2.23. The van der Waals surface area contributed by atoms with Gasteiger partial charge in [-0.1, -0.05) is 6.92 Å². The first-order chi connectivity index (χ1) is 11.4. The Hall–Kier alpha value is -2.64. The van der Waals surface area contributed by atoms with Gasteiger partial charge in [-0.2, -0.15) is 0 Å². The molecule has 0 unspecified atom stereocenters. The summed E-state index contributed by atoms with van der Waals surface area (Å²) in [6.45, 7) is 3.05. The third kappa shape index (κ3) is 4.21. The summed E-state index contributed by atoms with van der Waals surface area (Å²) in [7, 11) is 1.35. The largest absolute Gasteiger partial charge is 0.496 e. The Morgan fingerprint density at radius 3 is 2.58 bits per heavy atom. The molecule has 0 atom stereocenters. The molecule has 8 heteroatoms. The Labute approximate surface area is 139 Å². The number of carbonyl (C=O) groups excluding carboxylic acids is 2. The van der Waals surface area contributed by atoms with E-state index in [1.54, 1.807) is 4.90 Å². The summed E-state index contributed by atoms with van der Waals surface area (Å²) in [4.78, 5) is 36.1. The van der Waals surface area contributed by atoms with Crippen molar-refractivity contribution in [3.63, 3.8) is 0 Å². The summed E-state index contributed by atoms with van der Waals surface area (Å²) < 4.78 is 10.0. The number of nitrogens with zero attached hydrogens (tertiary/aromatic N) is 2. The molecular weight excluding hydrogens is 316 g/mol. The Morgan fingerprint density at radius 1 is 1.33 bits per heavy atom. The predicted molar refractivity (Wildman–Crippen MR) is 84.9 cm³/mol. The van der Waals surface area contributed by atoms with Crippen LogP contribution in [-0.4, -0.2) is 48.5 Å². The van der Waals surface area contributed by atoms with Crippen molar-refractivity contribution >= 4 is 17.6 Å². The van der Waals surface area contributed by atoms with Crippen LogP contribution in [0.15, 0.2) is 18.2 Å². The summed E-state index contributed by atoms with van der Waals surface area (Å²) in [5.41, 5.74) is -0.328. The van der Waals surface area contributed by atoms with Crippen LogP contribution in [0.1, 0.15) is 30.1 Å². The predicted octanol–water partition coefficient (Wildman–Crippen LogP) is 2.02. The van der Waals surface area contributed by atoms with Gasteiger partial charge < -0.3 is 14.4 Å². The van der Waals surface area contributed by atoms with Crippen molar-refractivity contribution in [3.8, 4) is 5.75 Å². The van der Waals surface area contributed by atoms with Crippen LogP contribution in [-0.2, 0) is 9.53 Å². The number of piperidine rings is 1. The maximum atomic E-state index is 12.1. The van der Waals surface area contributed by atoms with Gasteiger partial charge in [0.2, 0.25) is 0 Å². The lowest BCUT2D eigenvalue weighted by Crippen LogP contribution is -2.40. The molecule has 0 spiro atoms. The first kappa shape index (κ1) is 17.7. The fraction of sp³-hybridized carbons (Fsp3) is 0.500. The molecule has 0 N–H and O–H groups in total. The molecule has 0 aliphatic carbocycles. The van der Waals surface area contributed by atoms with Crippen molar-refractivity contribution in [1.29, 1.82) is 0 Å². The second-order valence-corrected chi connectivity index (χ2v) is 5.78. The maximum absolute atomic E-state index is 12.1. The molecule has 1 aromatic rings. The standard InChI is InChI=1S/C16H20N2O6/c1-11-5-7-17(8-6-11)15(19)10-24-16(20)13-9-12(18(21)22)3-4-14(13)23-2/h3-4,9,11H,5-8,10H2,1-2H3. The minimum atomic E-state index is -0.825. The average Bonchev–Trinajstić information content (AvgIpc) is 2.59. The van der Waals surface area contributed by atoms with Gasteiger partial charge in [-0.05, 0) is 24.8 Å². The van der Waals surface area contributed by atoms with Crippen LogP contribution < -0.4 is 4.74 Å². The Balaban J connectivity index is 2.00. The highest BCUT2D eigenvalue weighted by atomic mass is 16.6. The number of rotatable bonds is 5. The number of hydrogen-bond donors (Lipinski definition) is 0. The smallest absolute Gasteiger partial charge is 0.342 e. The van der Waals surface area contributed by atoms with Crippen LogP contribution in [0, 0.1) is 16.0 Å². The molecule has 130 valence electrons. The van der Waals surface area contributed by atoms with E-state index in [0.717, 1.165) is 18.9 Å². The van der Waals surface area contributed by atoms with Crippen molar-refractivity contribution in [2.45, 2.75) is 19.8 Å². The fourth-order valence-electron chi connectivity index (χ4n) is 2.52. The number of nitro groups is 1. The number of hydrogen-bond acceptors (Lipinski definition) is 6. The highest BCUT2D eigenvalue weighted by Crippen LogP contribution is 2.24. The van der Waals surface area contributed by atoms with Crippen molar-refractivity contribution in [3.05, 3.63) is 33.9 Å². The summed E-state index contributed by atoms with van der Waals surface area (Å²) in [6.07, 6.45) is 1.86. The second-order valence-electron chi connectivity index (χ2n) is 5.78. The molecule has 24 heavy (non-hydrogen) atoms. The highest BCUT2D eigenvalue weighted by molar-refractivity contribution is 5.94. The van der Waals surface area contributed by atoms with Gasteiger partial charge in [0, 0.05) is 25.2 Å². The zero-order chi connectivity index (χ0) is 17.7. The first-order valence-corrected chi connectivity index (χ1v) is 7.69. The van der Waals surface area contributed by atoms with Gasteiger partial charge in [-0.15, -0.1) is 0 Å². The van der Waals surface area contributed by atoms with Gasteiger partial charge in [0.05, 0.1) is 12.0 Å². The van der Waals surface area contributed by atoms with Crippen molar-refractivity contribution in [2.75, 3.05) is 26.8 Å². The lowest BCUT2D eigenvalue weighted by molar-refractivity contribution is -0.384. The summed E-state index contributed by atoms with van der Waals surface area (Å²) in [5.74, 6) is -0.343. The van der Waals surface area contributed by atoms with Gasteiger partial charge in [-0.25, -0.2) is 4.79 Å². The zero-order valence-corrected chi connectivity index (χ0v) is 13.7. The van der Waals surface area contributed by atoms with E-state index in [1.165, 1.54) is 19.2 Å². The molecule has 1 fully saturated rings. The molecule has 2 rings (SSSR count). The van der Waals surface area contributed by atoms with Gasteiger partial charge in [0.25, 0.3) is 11.6 Å². The third-order valence-electron chi connectivity index (χ3n) is 4.08. The molecule has 1 saturated heterocycles. The maximum Gasteiger partial charge on any atom is 0.342 e. The minimum Gasteiger partial charge on any atom is -0.496 e. The van der Waals surface area contributed by atoms with E-state index in [1.807, 2.05) is 0 Å². The van der Waals surface area contributed by atoms with Crippen LogP contribution in [0.5, 0.6) is 5.75 Å². The zero-order valence-electron chi connectivity index (χ0n) is 13.7. The SMILES string of the molecule is COc1ccc([N+](=O)[O-])cc1C(=O)OCC(=O)N1CCC(C)CC1. The number of benzene rings is 1. The number of nitro benzene ring substituents is 1. The molecule has 1 aromatic carbocycles.